The number of carbonyl (C=O) groups is 1. The number of anilines is 1. The second-order valence-electron chi connectivity index (χ2n) is 5.12. The fourth-order valence-corrected chi connectivity index (χ4v) is 2.18. The Labute approximate surface area is 112 Å². The van der Waals surface area contributed by atoms with Gasteiger partial charge in [-0.1, -0.05) is 0 Å². The minimum atomic E-state index is -0.447. The number of ether oxygens (including phenoxy) is 1. The van der Waals surface area contributed by atoms with Crippen LogP contribution in [-0.4, -0.2) is 36.1 Å². The number of nitrogen functional groups attached to an aromatic ring is 1. The fourth-order valence-electron chi connectivity index (χ4n) is 2.18. The Morgan fingerprint density at radius 1 is 1.47 bits per heavy atom. The molecule has 1 aliphatic heterocycles. The van der Waals surface area contributed by atoms with Crippen LogP contribution in [0.1, 0.15) is 29.8 Å². The maximum Gasteiger partial charge on any atom is 0.254 e. The monoisotopic (exact) mass is 266 g/mol. The van der Waals surface area contributed by atoms with Crippen molar-refractivity contribution in [2.75, 3.05) is 18.9 Å². The van der Waals surface area contributed by atoms with Gasteiger partial charge in [0, 0.05) is 23.4 Å². The number of nitrogens with two attached hydrogens (primary N) is 1. The number of benzene rings is 1. The molecule has 1 heterocycles. The summed E-state index contributed by atoms with van der Waals surface area (Å²) >= 11 is 0. The van der Waals surface area contributed by atoms with Crippen LogP contribution < -0.4 is 5.73 Å². The molecule has 2 atom stereocenters. The molecule has 104 valence electrons. The lowest BCUT2D eigenvalue weighted by molar-refractivity contribution is -0.0387. The summed E-state index contributed by atoms with van der Waals surface area (Å²) in [5.41, 5.74) is 6.69. The van der Waals surface area contributed by atoms with E-state index in [9.17, 15) is 9.18 Å². The molecule has 1 aromatic carbocycles. The van der Waals surface area contributed by atoms with Gasteiger partial charge in [0.25, 0.3) is 5.91 Å². The Bertz CT molecular complexity index is 481. The Kier molecular flexibility index (Phi) is 3.75. The van der Waals surface area contributed by atoms with E-state index in [2.05, 4.69) is 0 Å². The minimum absolute atomic E-state index is 0.00667. The Morgan fingerprint density at radius 2 is 2.16 bits per heavy atom. The Balaban J connectivity index is 2.28. The van der Waals surface area contributed by atoms with Crippen LogP contribution in [0.5, 0.6) is 0 Å². The van der Waals surface area contributed by atoms with Crippen molar-refractivity contribution in [2.45, 2.75) is 32.9 Å². The van der Waals surface area contributed by atoms with Gasteiger partial charge < -0.3 is 15.4 Å². The topological polar surface area (TPSA) is 55.6 Å². The number of morpholine rings is 1. The summed E-state index contributed by atoms with van der Waals surface area (Å²) in [6, 6.07) is 2.77. The van der Waals surface area contributed by atoms with Crippen LogP contribution in [-0.2, 0) is 4.74 Å². The number of halogens is 1. The summed E-state index contributed by atoms with van der Waals surface area (Å²) in [5.74, 6) is -0.648. The summed E-state index contributed by atoms with van der Waals surface area (Å²) in [4.78, 5) is 14.1. The third-order valence-corrected chi connectivity index (χ3v) is 3.50. The van der Waals surface area contributed by atoms with Gasteiger partial charge in [0.1, 0.15) is 5.82 Å². The molecule has 0 bridgehead atoms. The second-order valence-corrected chi connectivity index (χ2v) is 5.12. The molecular weight excluding hydrogens is 247 g/mol. The maximum absolute atomic E-state index is 13.7. The van der Waals surface area contributed by atoms with Gasteiger partial charge in [0.05, 0.1) is 18.8 Å². The van der Waals surface area contributed by atoms with E-state index in [0.29, 0.717) is 30.0 Å². The molecule has 19 heavy (non-hydrogen) atoms. The van der Waals surface area contributed by atoms with Crippen molar-refractivity contribution in [3.63, 3.8) is 0 Å². The summed E-state index contributed by atoms with van der Waals surface area (Å²) in [6.45, 7) is 6.43. The molecule has 2 unspecified atom stereocenters. The predicted octanol–water partition coefficient (Wildman–Crippen LogP) is 1.97. The average Bonchev–Trinajstić information content (AvgIpc) is 2.37. The molecule has 0 saturated carbocycles. The molecule has 4 nitrogen and oxygen atoms in total. The van der Waals surface area contributed by atoms with E-state index in [1.54, 1.807) is 11.8 Å². The predicted molar refractivity (Wildman–Crippen MR) is 71.5 cm³/mol. The van der Waals surface area contributed by atoms with Crippen molar-refractivity contribution in [1.29, 1.82) is 0 Å². The van der Waals surface area contributed by atoms with Crippen molar-refractivity contribution in [3.8, 4) is 0 Å². The van der Waals surface area contributed by atoms with Crippen LogP contribution in [0, 0.1) is 12.7 Å². The average molecular weight is 266 g/mol. The van der Waals surface area contributed by atoms with Gasteiger partial charge in [-0.3, -0.25) is 4.79 Å². The van der Waals surface area contributed by atoms with E-state index in [1.165, 1.54) is 12.1 Å². The molecule has 2 rings (SSSR count). The van der Waals surface area contributed by atoms with Crippen LogP contribution in [0.2, 0.25) is 0 Å². The van der Waals surface area contributed by atoms with Gasteiger partial charge >= 0.3 is 0 Å². The zero-order valence-electron chi connectivity index (χ0n) is 11.4. The summed E-state index contributed by atoms with van der Waals surface area (Å²) in [7, 11) is 0. The van der Waals surface area contributed by atoms with Crippen LogP contribution in [0.3, 0.4) is 0 Å². The zero-order valence-corrected chi connectivity index (χ0v) is 11.4. The van der Waals surface area contributed by atoms with Crippen LogP contribution in [0.15, 0.2) is 12.1 Å². The second kappa shape index (κ2) is 5.17. The third kappa shape index (κ3) is 2.71. The van der Waals surface area contributed by atoms with E-state index < -0.39 is 5.82 Å². The first kappa shape index (κ1) is 13.8. The first-order chi connectivity index (χ1) is 8.90. The van der Waals surface area contributed by atoms with Crippen molar-refractivity contribution < 1.29 is 13.9 Å². The molecule has 1 saturated heterocycles. The van der Waals surface area contributed by atoms with Crippen LogP contribution >= 0.6 is 0 Å². The minimum Gasteiger partial charge on any atom is -0.398 e. The maximum atomic E-state index is 13.7. The summed E-state index contributed by atoms with van der Waals surface area (Å²) in [6.07, 6.45) is -0.00667. The lowest BCUT2D eigenvalue weighted by Gasteiger charge is -2.36. The lowest BCUT2D eigenvalue weighted by atomic mass is 10.1. The zero-order chi connectivity index (χ0) is 14.2. The normalized spacial score (nSPS) is 23.5. The first-order valence-corrected chi connectivity index (χ1v) is 6.38. The highest BCUT2D eigenvalue weighted by molar-refractivity contribution is 5.95. The molecule has 0 aromatic heterocycles. The van der Waals surface area contributed by atoms with Crippen molar-refractivity contribution in [3.05, 3.63) is 29.1 Å². The number of hydrogen-bond acceptors (Lipinski definition) is 3. The van der Waals surface area contributed by atoms with E-state index in [-0.39, 0.29) is 18.1 Å². The molecule has 1 fully saturated rings. The molecule has 1 amide bonds. The SMILES string of the molecule is Cc1c(N)cc(C(=O)N2CC(C)OCC2C)cc1F. The van der Waals surface area contributed by atoms with Gasteiger partial charge in [-0.15, -0.1) is 0 Å². The number of nitrogens with zero attached hydrogens (tertiary/aromatic N) is 1. The van der Waals surface area contributed by atoms with E-state index in [0.717, 1.165) is 0 Å². The van der Waals surface area contributed by atoms with Crippen LogP contribution in [0.25, 0.3) is 0 Å². The molecule has 1 aliphatic rings. The number of rotatable bonds is 1. The molecule has 2 N–H and O–H groups in total. The first-order valence-electron chi connectivity index (χ1n) is 6.38. The highest BCUT2D eigenvalue weighted by Gasteiger charge is 2.28. The van der Waals surface area contributed by atoms with Gasteiger partial charge in [0.15, 0.2) is 0 Å². The van der Waals surface area contributed by atoms with Crippen LogP contribution in [0.4, 0.5) is 10.1 Å². The Morgan fingerprint density at radius 3 is 2.79 bits per heavy atom. The number of amides is 1. The standard InChI is InChI=1S/C14H19FN2O2/c1-8-7-19-9(2)6-17(8)14(18)11-4-12(15)10(3)13(16)5-11/h4-5,8-9H,6-7,16H2,1-3H3. The van der Waals surface area contributed by atoms with E-state index >= 15 is 0 Å². The number of carbonyl (C=O) groups excluding carboxylic acids is 1. The van der Waals surface area contributed by atoms with Crippen molar-refractivity contribution >= 4 is 11.6 Å². The summed E-state index contributed by atoms with van der Waals surface area (Å²) in [5, 5.41) is 0. The Hall–Kier alpha value is -1.62. The quantitative estimate of drug-likeness (QED) is 0.791. The summed E-state index contributed by atoms with van der Waals surface area (Å²) < 4.78 is 19.1. The van der Waals surface area contributed by atoms with E-state index in [1.807, 2.05) is 13.8 Å². The smallest absolute Gasteiger partial charge is 0.254 e. The van der Waals surface area contributed by atoms with Gasteiger partial charge in [-0.2, -0.15) is 0 Å². The molecule has 1 aromatic rings. The lowest BCUT2D eigenvalue weighted by Crippen LogP contribution is -2.50. The molecule has 5 heteroatoms. The third-order valence-electron chi connectivity index (χ3n) is 3.50. The molecule has 0 spiro atoms. The highest BCUT2D eigenvalue weighted by Crippen LogP contribution is 2.21. The number of hydrogen-bond donors (Lipinski definition) is 1. The van der Waals surface area contributed by atoms with Gasteiger partial charge in [-0.25, -0.2) is 4.39 Å². The molecule has 0 aliphatic carbocycles. The van der Waals surface area contributed by atoms with Crippen molar-refractivity contribution in [1.82, 2.24) is 4.90 Å². The molecule has 0 radical (unpaired) electrons. The highest BCUT2D eigenvalue weighted by atomic mass is 19.1. The largest absolute Gasteiger partial charge is 0.398 e. The molecular formula is C14H19FN2O2. The fraction of sp³-hybridized carbons (Fsp3) is 0.500. The van der Waals surface area contributed by atoms with Gasteiger partial charge in [-0.05, 0) is 32.9 Å². The van der Waals surface area contributed by atoms with E-state index in [4.69, 9.17) is 10.5 Å². The van der Waals surface area contributed by atoms with Crippen molar-refractivity contribution in [2.24, 2.45) is 0 Å². The van der Waals surface area contributed by atoms with Gasteiger partial charge in [0.2, 0.25) is 0 Å².